The Morgan fingerprint density at radius 3 is 2.57 bits per heavy atom. The third-order valence-electron chi connectivity index (χ3n) is 5.84. The van der Waals surface area contributed by atoms with Gasteiger partial charge in [0.05, 0.1) is 16.8 Å². The van der Waals surface area contributed by atoms with Gasteiger partial charge in [0.2, 0.25) is 5.91 Å². The fraction of sp³-hybridized carbons (Fsp3) is 0.136. The van der Waals surface area contributed by atoms with E-state index in [2.05, 4.69) is 6.07 Å². The van der Waals surface area contributed by atoms with Crippen LogP contribution in [-0.2, 0) is 19.7 Å². The SMILES string of the molecule is CN1C(=O)C2(C(C#N)=C(N)N(c3ccc(F)cc3)C3=C2C(=O)OC3)c2ccccc21. The summed E-state index contributed by atoms with van der Waals surface area (Å²) in [6.45, 7) is -0.119. The smallest absolute Gasteiger partial charge is 0.338 e. The van der Waals surface area contributed by atoms with Gasteiger partial charge in [-0.05, 0) is 30.3 Å². The first kappa shape index (κ1) is 17.9. The number of hydrogen-bond donors (Lipinski definition) is 1. The molecule has 5 rings (SSSR count). The zero-order chi connectivity index (χ0) is 21.2. The number of nitrogens with zero attached hydrogens (tertiary/aromatic N) is 3. The van der Waals surface area contributed by atoms with Crippen LogP contribution in [0.25, 0.3) is 0 Å². The molecule has 0 saturated heterocycles. The Bertz CT molecular complexity index is 1240. The van der Waals surface area contributed by atoms with Crippen LogP contribution in [0.15, 0.2) is 71.2 Å². The van der Waals surface area contributed by atoms with Crippen molar-refractivity contribution in [3.8, 4) is 6.07 Å². The molecule has 3 aliphatic heterocycles. The van der Waals surface area contributed by atoms with Crippen LogP contribution in [0.4, 0.5) is 15.8 Å². The molecule has 3 aliphatic rings. The van der Waals surface area contributed by atoms with E-state index in [0.717, 1.165) is 0 Å². The van der Waals surface area contributed by atoms with Gasteiger partial charge in [0.15, 0.2) is 0 Å². The average Bonchev–Trinajstić information content (AvgIpc) is 3.23. The third-order valence-corrected chi connectivity index (χ3v) is 5.84. The van der Waals surface area contributed by atoms with Gasteiger partial charge in [0.1, 0.15) is 29.7 Å². The summed E-state index contributed by atoms with van der Waals surface area (Å²) in [6.07, 6.45) is 0. The van der Waals surface area contributed by atoms with E-state index in [1.807, 2.05) is 0 Å². The predicted octanol–water partition coefficient (Wildman–Crippen LogP) is 2.06. The summed E-state index contributed by atoms with van der Waals surface area (Å²) in [6, 6.07) is 14.5. The maximum Gasteiger partial charge on any atom is 0.338 e. The summed E-state index contributed by atoms with van der Waals surface area (Å²) in [5.41, 5.74) is 6.68. The molecule has 7 nitrogen and oxygen atoms in total. The minimum atomic E-state index is -1.68. The second-order valence-electron chi connectivity index (χ2n) is 7.21. The highest BCUT2D eigenvalue weighted by molar-refractivity contribution is 6.19. The topological polar surface area (TPSA) is 99.7 Å². The van der Waals surface area contributed by atoms with Crippen molar-refractivity contribution in [1.29, 1.82) is 5.26 Å². The molecule has 0 fully saturated rings. The van der Waals surface area contributed by atoms with Crippen molar-refractivity contribution in [1.82, 2.24) is 0 Å². The third kappa shape index (κ3) is 1.96. The summed E-state index contributed by atoms with van der Waals surface area (Å²) in [5.74, 6) is -1.58. The molecule has 1 unspecified atom stereocenters. The lowest BCUT2D eigenvalue weighted by Gasteiger charge is -2.38. The van der Waals surface area contributed by atoms with Gasteiger partial charge in [-0.1, -0.05) is 18.2 Å². The normalized spacial score (nSPS) is 22.4. The second kappa shape index (κ2) is 5.94. The van der Waals surface area contributed by atoms with Gasteiger partial charge >= 0.3 is 5.97 Å². The number of carbonyl (C=O) groups excluding carboxylic acids is 2. The molecule has 0 saturated carbocycles. The lowest BCUT2D eigenvalue weighted by Crippen LogP contribution is -2.50. The number of benzene rings is 2. The fourth-order valence-corrected chi connectivity index (χ4v) is 4.59. The number of carbonyl (C=O) groups is 2. The lowest BCUT2D eigenvalue weighted by molar-refractivity contribution is -0.137. The van der Waals surface area contributed by atoms with E-state index in [4.69, 9.17) is 10.5 Å². The first-order valence-electron chi connectivity index (χ1n) is 9.17. The minimum absolute atomic E-state index is 0.000360. The predicted molar refractivity (Wildman–Crippen MR) is 105 cm³/mol. The van der Waals surface area contributed by atoms with Gasteiger partial charge in [-0.25, -0.2) is 9.18 Å². The lowest BCUT2D eigenvalue weighted by atomic mass is 9.67. The highest BCUT2D eigenvalue weighted by atomic mass is 19.1. The Balaban J connectivity index is 1.87. The first-order valence-corrected chi connectivity index (χ1v) is 9.17. The quantitative estimate of drug-likeness (QED) is 0.733. The number of hydrogen-bond acceptors (Lipinski definition) is 6. The van der Waals surface area contributed by atoms with Crippen LogP contribution < -0.4 is 15.5 Å². The molecule has 8 heteroatoms. The maximum atomic E-state index is 13.6. The van der Waals surface area contributed by atoms with Crippen LogP contribution in [0.2, 0.25) is 0 Å². The van der Waals surface area contributed by atoms with Gasteiger partial charge in [-0.3, -0.25) is 9.69 Å². The molecule has 2 aromatic rings. The Kier molecular flexibility index (Phi) is 3.55. The van der Waals surface area contributed by atoms with E-state index >= 15 is 0 Å². The van der Waals surface area contributed by atoms with Gasteiger partial charge in [0, 0.05) is 24.0 Å². The Morgan fingerprint density at radius 2 is 1.87 bits per heavy atom. The van der Waals surface area contributed by atoms with Crippen LogP contribution in [0.3, 0.4) is 0 Å². The van der Waals surface area contributed by atoms with Gasteiger partial charge in [-0.15, -0.1) is 0 Å². The van der Waals surface area contributed by atoms with Gasteiger partial charge in [-0.2, -0.15) is 5.26 Å². The number of para-hydroxylation sites is 1. The van der Waals surface area contributed by atoms with Crippen LogP contribution in [0.5, 0.6) is 0 Å². The standard InChI is InChI=1S/C22H15FN4O3/c1-26-16-5-3-2-4-14(16)22(21(26)29)15(10-24)19(25)27(13-8-6-12(23)7-9-13)17-11-30-20(28)18(17)22/h2-9H,11,25H2,1H3. The van der Waals surface area contributed by atoms with E-state index in [-0.39, 0.29) is 23.6 Å². The van der Waals surface area contributed by atoms with E-state index in [9.17, 15) is 19.2 Å². The monoisotopic (exact) mass is 402 g/mol. The molecule has 3 heterocycles. The molecule has 0 bridgehead atoms. The van der Waals surface area contributed by atoms with Crippen molar-refractivity contribution in [2.75, 3.05) is 23.5 Å². The second-order valence-corrected chi connectivity index (χ2v) is 7.21. The summed E-state index contributed by atoms with van der Waals surface area (Å²) in [7, 11) is 1.59. The number of likely N-dealkylation sites (N-methyl/N-ethyl adjacent to an activating group) is 1. The Labute approximate surface area is 171 Å². The number of esters is 1. The number of amides is 1. The molecule has 2 N–H and O–H groups in total. The zero-order valence-corrected chi connectivity index (χ0v) is 15.8. The molecule has 0 aromatic heterocycles. The molecule has 1 atom stereocenters. The highest BCUT2D eigenvalue weighted by Crippen LogP contribution is 2.55. The number of cyclic esters (lactones) is 1. The number of fused-ring (bicyclic) bond motifs is 3. The number of nitrogens with two attached hydrogens (primary N) is 1. The van der Waals surface area contributed by atoms with Crippen molar-refractivity contribution in [3.63, 3.8) is 0 Å². The number of ether oxygens (including phenoxy) is 1. The summed E-state index contributed by atoms with van der Waals surface area (Å²) < 4.78 is 18.8. The highest BCUT2D eigenvalue weighted by Gasteiger charge is 2.63. The van der Waals surface area contributed by atoms with E-state index < -0.39 is 23.1 Å². The minimum Gasteiger partial charge on any atom is -0.456 e. The molecule has 1 spiro atoms. The molecule has 2 aromatic carbocycles. The van der Waals surface area contributed by atoms with E-state index in [1.54, 1.807) is 31.3 Å². The molecule has 148 valence electrons. The molecule has 1 amide bonds. The average molecular weight is 402 g/mol. The zero-order valence-electron chi connectivity index (χ0n) is 15.8. The van der Waals surface area contributed by atoms with E-state index in [1.165, 1.54) is 34.1 Å². The molecule has 30 heavy (non-hydrogen) atoms. The number of anilines is 2. The Hall–Kier alpha value is -4.12. The van der Waals surface area contributed by atoms with Crippen molar-refractivity contribution >= 4 is 23.3 Å². The van der Waals surface area contributed by atoms with Crippen molar-refractivity contribution in [2.24, 2.45) is 5.73 Å². The maximum absolute atomic E-state index is 13.6. The largest absolute Gasteiger partial charge is 0.456 e. The van der Waals surface area contributed by atoms with Crippen LogP contribution in [0, 0.1) is 17.1 Å². The molecule has 0 aliphatic carbocycles. The summed E-state index contributed by atoms with van der Waals surface area (Å²) in [5, 5.41) is 10.1. The summed E-state index contributed by atoms with van der Waals surface area (Å²) in [4.78, 5) is 29.4. The van der Waals surface area contributed by atoms with Gasteiger partial charge < -0.3 is 15.4 Å². The van der Waals surface area contributed by atoms with Crippen molar-refractivity contribution in [3.05, 3.63) is 82.6 Å². The van der Waals surface area contributed by atoms with Crippen LogP contribution in [0.1, 0.15) is 5.56 Å². The van der Waals surface area contributed by atoms with Crippen LogP contribution in [-0.4, -0.2) is 25.5 Å². The molecular formula is C22H15FN4O3. The first-order chi connectivity index (χ1) is 14.4. The number of rotatable bonds is 1. The number of halogens is 1. The van der Waals surface area contributed by atoms with Gasteiger partial charge in [0.25, 0.3) is 0 Å². The fourth-order valence-electron chi connectivity index (χ4n) is 4.59. The van der Waals surface area contributed by atoms with Crippen molar-refractivity contribution < 1.29 is 18.7 Å². The Morgan fingerprint density at radius 1 is 1.17 bits per heavy atom. The molecule has 0 radical (unpaired) electrons. The van der Waals surface area contributed by atoms with Crippen molar-refractivity contribution in [2.45, 2.75) is 5.41 Å². The molecular weight excluding hydrogens is 387 g/mol. The number of nitriles is 1. The van der Waals surface area contributed by atoms with E-state index in [0.29, 0.717) is 22.6 Å². The summed E-state index contributed by atoms with van der Waals surface area (Å²) >= 11 is 0. The van der Waals surface area contributed by atoms with Crippen LogP contribution >= 0.6 is 0 Å².